The lowest BCUT2D eigenvalue weighted by Crippen LogP contribution is -2.41. The zero-order valence-corrected chi connectivity index (χ0v) is 12.8. The molecule has 4 rings (SSSR count). The number of likely N-dealkylation sites (tertiary alicyclic amines) is 1. The summed E-state index contributed by atoms with van der Waals surface area (Å²) in [5.74, 6) is 0.785. The molecule has 0 atom stereocenters. The van der Waals surface area contributed by atoms with E-state index in [1.807, 2.05) is 4.52 Å². The minimum absolute atomic E-state index is 0.202. The average molecular weight is 315 g/mol. The van der Waals surface area contributed by atoms with E-state index in [0.29, 0.717) is 16.6 Å². The summed E-state index contributed by atoms with van der Waals surface area (Å²) in [6, 6.07) is 4.21. The largest absolute Gasteiger partial charge is 0.368 e. The van der Waals surface area contributed by atoms with Crippen molar-refractivity contribution >= 4 is 23.1 Å². The first-order valence-electron chi connectivity index (χ1n) is 7.06. The van der Waals surface area contributed by atoms with Crippen LogP contribution in [0.3, 0.4) is 0 Å². The molecule has 0 aromatic carbocycles. The van der Waals surface area contributed by atoms with Crippen LogP contribution in [0.2, 0.25) is 5.02 Å². The van der Waals surface area contributed by atoms with Crippen LogP contribution in [0.5, 0.6) is 0 Å². The normalized spacial score (nSPS) is 16.1. The molecule has 1 aliphatic heterocycles. The van der Waals surface area contributed by atoms with Crippen LogP contribution in [-0.2, 0) is 0 Å². The molecule has 0 unspecified atom stereocenters. The van der Waals surface area contributed by atoms with Gasteiger partial charge in [0.25, 0.3) is 0 Å². The van der Waals surface area contributed by atoms with Crippen LogP contribution in [0.4, 0.5) is 5.95 Å². The predicted octanol–water partition coefficient (Wildman–Crippen LogP) is 2.06. The highest BCUT2D eigenvalue weighted by molar-refractivity contribution is 6.33. The van der Waals surface area contributed by atoms with Crippen LogP contribution in [0.15, 0.2) is 30.7 Å². The molecule has 4 heterocycles. The lowest BCUT2D eigenvalue weighted by Gasteiger charge is -2.36. The van der Waals surface area contributed by atoms with Gasteiger partial charge in [-0.1, -0.05) is 17.7 Å². The molecule has 0 amide bonds. The van der Waals surface area contributed by atoms with E-state index in [2.05, 4.69) is 45.3 Å². The summed E-state index contributed by atoms with van der Waals surface area (Å²) < 4.78 is 1.87. The summed E-state index contributed by atoms with van der Waals surface area (Å²) >= 11 is 6.19. The Kier molecular flexibility index (Phi) is 3.02. The molecule has 3 aromatic rings. The van der Waals surface area contributed by atoms with Crippen LogP contribution in [-0.4, -0.2) is 44.6 Å². The number of nitrogens with zero attached hydrogens (tertiary/aromatic N) is 5. The molecule has 7 heteroatoms. The SMILES string of the molecule is CN1CC(c2ccc3c(-c4nc(N)ncc4Cl)cnn3c2)C1. The van der Waals surface area contributed by atoms with Crippen LogP contribution in [0.1, 0.15) is 11.5 Å². The maximum atomic E-state index is 6.19. The molecule has 0 bridgehead atoms. The number of pyridine rings is 1. The number of rotatable bonds is 2. The topological polar surface area (TPSA) is 72.3 Å². The predicted molar refractivity (Wildman–Crippen MR) is 85.9 cm³/mol. The first-order valence-corrected chi connectivity index (χ1v) is 7.44. The molecule has 0 spiro atoms. The van der Waals surface area contributed by atoms with E-state index in [9.17, 15) is 0 Å². The van der Waals surface area contributed by atoms with Gasteiger partial charge in [-0.25, -0.2) is 14.5 Å². The van der Waals surface area contributed by atoms with Gasteiger partial charge in [0.05, 0.1) is 28.6 Å². The third-order valence-electron chi connectivity index (χ3n) is 4.09. The van der Waals surface area contributed by atoms with Crippen LogP contribution >= 0.6 is 11.6 Å². The second-order valence-electron chi connectivity index (χ2n) is 5.69. The van der Waals surface area contributed by atoms with Crippen molar-refractivity contribution in [1.29, 1.82) is 0 Å². The Balaban J connectivity index is 1.78. The number of aromatic nitrogens is 4. The Morgan fingerprint density at radius 3 is 2.86 bits per heavy atom. The molecule has 1 fully saturated rings. The molecule has 1 saturated heterocycles. The van der Waals surface area contributed by atoms with E-state index in [0.717, 1.165) is 24.2 Å². The molecular formula is C15H15ClN6. The zero-order chi connectivity index (χ0) is 15.3. The van der Waals surface area contributed by atoms with Gasteiger partial charge in [0.15, 0.2) is 0 Å². The standard InChI is InChI=1S/C15H15ClN6/c1-21-6-10(7-21)9-2-3-13-11(4-19-22(13)8-9)14-12(16)5-18-15(17)20-14/h2-5,8,10H,6-7H2,1H3,(H2,17,18,20). The van der Waals surface area contributed by atoms with E-state index in [-0.39, 0.29) is 5.95 Å². The number of likely N-dealkylation sites (N-methyl/N-ethyl adjacent to an activating group) is 1. The highest BCUT2D eigenvalue weighted by Crippen LogP contribution is 2.31. The Hall–Kier alpha value is -2.18. The Morgan fingerprint density at radius 2 is 2.09 bits per heavy atom. The minimum Gasteiger partial charge on any atom is -0.368 e. The Bertz CT molecular complexity index is 852. The summed E-state index contributed by atoms with van der Waals surface area (Å²) in [5, 5.41) is 4.90. The molecule has 6 nitrogen and oxygen atoms in total. The quantitative estimate of drug-likeness (QED) is 0.784. The monoisotopic (exact) mass is 314 g/mol. The van der Waals surface area contributed by atoms with Crippen molar-refractivity contribution in [1.82, 2.24) is 24.5 Å². The summed E-state index contributed by atoms with van der Waals surface area (Å²) in [6.07, 6.45) is 5.36. The van der Waals surface area contributed by atoms with Crippen LogP contribution in [0.25, 0.3) is 16.8 Å². The van der Waals surface area contributed by atoms with E-state index < -0.39 is 0 Å². The molecular weight excluding hydrogens is 300 g/mol. The van der Waals surface area contributed by atoms with Gasteiger partial charge in [0.2, 0.25) is 5.95 Å². The molecule has 3 aromatic heterocycles. The number of anilines is 1. The molecule has 0 aliphatic carbocycles. The van der Waals surface area contributed by atoms with Crippen LogP contribution in [0, 0.1) is 0 Å². The van der Waals surface area contributed by atoms with Gasteiger partial charge in [-0.05, 0) is 18.7 Å². The number of fused-ring (bicyclic) bond motifs is 1. The van der Waals surface area contributed by atoms with Gasteiger partial charge in [0, 0.05) is 30.8 Å². The second-order valence-corrected chi connectivity index (χ2v) is 6.10. The van der Waals surface area contributed by atoms with Gasteiger partial charge in [-0.2, -0.15) is 5.10 Å². The van der Waals surface area contributed by atoms with Crippen LogP contribution < -0.4 is 5.73 Å². The van der Waals surface area contributed by atoms with Crippen molar-refractivity contribution in [2.45, 2.75) is 5.92 Å². The smallest absolute Gasteiger partial charge is 0.220 e. The maximum Gasteiger partial charge on any atom is 0.220 e. The van der Waals surface area contributed by atoms with Crippen molar-refractivity contribution in [2.75, 3.05) is 25.9 Å². The summed E-state index contributed by atoms with van der Waals surface area (Å²) in [7, 11) is 2.13. The van der Waals surface area contributed by atoms with Crippen molar-refractivity contribution in [3.8, 4) is 11.3 Å². The van der Waals surface area contributed by atoms with Gasteiger partial charge in [-0.3, -0.25) is 0 Å². The van der Waals surface area contributed by atoms with Crippen molar-refractivity contribution < 1.29 is 0 Å². The molecule has 22 heavy (non-hydrogen) atoms. The van der Waals surface area contributed by atoms with Gasteiger partial charge >= 0.3 is 0 Å². The highest BCUT2D eigenvalue weighted by Gasteiger charge is 2.25. The fraction of sp³-hybridized carbons (Fsp3) is 0.267. The summed E-state index contributed by atoms with van der Waals surface area (Å²) in [5.41, 5.74) is 9.39. The number of hydrogen-bond donors (Lipinski definition) is 1. The number of nitrogen functional groups attached to an aromatic ring is 1. The van der Waals surface area contributed by atoms with Gasteiger partial charge < -0.3 is 10.6 Å². The fourth-order valence-electron chi connectivity index (χ4n) is 2.90. The van der Waals surface area contributed by atoms with Crippen molar-refractivity contribution in [3.05, 3.63) is 41.3 Å². The first-order chi connectivity index (χ1) is 10.6. The van der Waals surface area contributed by atoms with E-state index in [4.69, 9.17) is 17.3 Å². The first kappa shape index (κ1) is 13.5. The van der Waals surface area contributed by atoms with E-state index in [1.54, 1.807) is 6.20 Å². The third-order valence-corrected chi connectivity index (χ3v) is 4.37. The number of nitrogens with two attached hydrogens (primary N) is 1. The maximum absolute atomic E-state index is 6.19. The molecule has 0 saturated carbocycles. The lowest BCUT2D eigenvalue weighted by molar-refractivity contribution is 0.189. The van der Waals surface area contributed by atoms with E-state index >= 15 is 0 Å². The molecule has 1 aliphatic rings. The Morgan fingerprint density at radius 1 is 1.27 bits per heavy atom. The number of halogens is 1. The molecule has 2 N–H and O–H groups in total. The third kappa shape index (κ3) is 2.12. The van der Waals surface area contributed by atoms with Crippen molar-refractivity contribution in [2.24, 2.45) is 0 Å². The zero-order valence-electron chi connectivity index (χ0n) is 12.1. The van der Waals surface area contributed by atoms with Crippen molar-refractivity contribution in [3.63, 3.8) is 0 Å². The lowest BCUT2D eigenvalue weighted by atomic mass is 9.93. The second kappa shape index (κ2) is 4.93. The van der Waals surface area contributed by atoms with Gasteiger partial charge in [-0.15, -0.1) is 0 Å². The minimum atomic E-state index is 0.202. The molecule has 112 valence electrons. The summed E-state index contributed by atoms with van der Waals surface area (Å²) in [6.45, 7) is 2.18. The fourth-order valence-corrected chi connectivity index (χ4v) is 3.10. The van der Waals surface area contributed by atoms with Gasteiger partial charge in [0.1, 0.15) is 0 Å². The Labute approximate surface area is 132 Å². The van der Waals surface area contributed by atoms with E-state index in [1.165, 1.54) is 11.8 Å². The average Bonchev–Trinajstić information content (AvgIpc) is 2.89. The highest BCUT2D eigenvalue weighted by atomic mass is 35.5. The molecule has 0 radical (unpaired) electrons. The number of hydrogen-bond acceptors (Lipinski definition) is 5. The summed E-state index contributed by atoms with van der Waals surface area (Å²) in [4.78, 5) is 10.4.